The van der Waals surface area contributed by atoms with Crippen molar-refractivity contribution >= 4 is 5.95 Å². The van der Waals surface area contributed by atoms with Crippen LogP contribution in [-0.2, 0) is 11.3 Å². The van der Waals surface area contributed by atoms with Crippen LogP contribution in [0.1, 0.15) is 19.5 Å². The lowest BCUT2D eigenvalue weighted by Gasteiger charge is -2.17. The van der Waals surface area contributed by atoms with Gasteiger partial charge in [0.25, 0.3) is 0 Å². The summed E-state index contributed by atoms with van der Waals surface area (Å²) < 4.78 is 7.27. The summed E-state index contributed by atoms with van der Waals surface area (Å²) in [6.45, 7) is 11.1. The predicted molar refractivity (Wildman–Crippen MR) is 79.7 cm³/mol. The van der Waals surface area contributed by atoms with Gasteiger partial charge in [0.2, 0.25) is 5.95 Å². The SMILES string of the molecule is COCCN(C)CCNc1nc(C)cn1CC(C)C. The molecule has 5 nitrogen and oxygen atoms in total. The van der Waals surface area contributed by atoms with Gasteiger partial charge in [0.1, 0.15) is 0 Å². The van der Waals surface area contributed by atoms with Gasteiger partial charge < -0.3 is 19.5 Å². The van der Waals surface area contributed by atoms with Crippen LogP contribution in [0, 0.1) is 12.8 Å². The number of hydrogen-bond donors (Lipinski definition) is 1. The van der Waals surface area contributed by atoms with Gasteiger partial charge in [-0.2, -0.15) is 0 Å². The van der Waals surface area contributed by atoms with E-state index in [-0.39, 0.29) is 0 Å². The van der Waals surface area contributed by atoms with E-state index in [9.17, 15) is 0 Å². The first-order chi connectivity index (χ1) is 9.02. The molecule has 0 aliphatic heterocycles. The number of ether oxygens (including phenoxy) is 1. The van der Waals surface area contributed by atoms with E-state index >= 15 is 0 Å². The van der Waals surface area contributed by atoms with Gasteiger partial charge in [-0.1, -0.05) is 13.8 Å². The average Bonchev–Trinajstić information content (AvgIpc) is 2.66. The number of imidazole rings is 1. The molecule has 0 radical (unpaired) electrons. The van der Waals surface area contributed by atoms with Crippen LogP contribution < -0.4 is 5.32 Å². The normalized spacial score (nSPS) is 11.5. The van der Waals surface area contributed by atoms with Crippen molar-refractivity contribution in [3.63, 3.8) is 0 Å². The summed E-state index contributed by atoms with van der Waals surface area (Å²) in [4.78, 5) is 6.78. The number of rotatable bonds is 9. The van der Waals surface area contributed by atoms with Crippen molar-refractivity contribution in [2.75, 3.05) is 45.7 Å². The molecule has 0 atom stereocenters. The van der Waals surface area contributed by atoms with Gasteiger partial charge in [-0.25, -0.2) is 4.98 Å². The molecular weight excluding hydrogens is 240 g/mol. The van der Waals surface area contributed by atoms with Crippen molar-refractivity contribution in [3.8, 4) is 0 Å². The minimum atomic E-state index is 0.624. The molecule has 1 N–H and O–H groups in total. The van der Waals surface area contributed by atoms with Gasteiger partial charge in [-0.3, -0.25) is 0 Å². The molecular formula is C14H28N4O. The Morgan fingerprint density at radius 1 is 1.42 bits per heavy atom. The number of hydrogen-bond acceptors (Lipinski definition) is 4. The van der Waals surface area contributed by atoms with E-state index in [1.54, 1.807) is 7.11 Å². The molecule has 0 aliphatic carbocycles. The van der Waals surface area contributed by atoms with E-state index in [4.69, 9.17) is 4.74 Å². The first-order valence-corrected chi connectivity index (χ1v) is 6.98. The summed E-state index contributed by atoms with van der Waals surface area (Å²) in [6, 6.07) is 0. The molecule has 1 rings (SSSR count). The lowest BCUT2D eigenvalue weighted by Crippen LogP contribution is -2.28. The minimum Gasteiger partial charge on any atom is -0.383 e. The summed E-state index contributed by atoms with van der Waals surface area (Å²) in [6.07, 6.45) is 2.11. The van der Waals surface area contributed by atoms with Crippen molar-refractivity contribution in [1.29, 1.82) is 0 Å². The molecule has 0 spiro atoms. The highest BCUT2D eigenvalue weighted by atomic mass is 16.5. The Hall–Kier alpha value is -1.07. The highest BCUT2D eigenvalue weighted by Gasteiger charge is 2.07. The Balaban J connectivity index is 2.40. The van der Waals surface area contributed by atoms with E-state index in [1.165, 1.54) is 0 Å². The molecule has 0 amide bonds. The molecule has 0 saturated heterocycles. The zero-order chi connectivity index (χ0) is 14.3. The molecule has 1 aromatic rings. The second-order valence-electron chi connectivity index (χ2n) is 5.47. The van der Waals surface area contributed by atoms with Crippen molar-refractivity contribution in [2.45, 2.75) is 27.3 Å². The van der Waals surface area contributed by atoms with Crippen LogP contribution in [0.5, 0.6) is 0 Å². The van der Waals surface area contributed by atoms with Gasteiger partial charge >= 0.3 is 0 Å². The minimum absolute atomic E-state index is 0.624. The molecule has 0 aliphatic rings. The molecule has 0 unspecified atom stereocenters. The van der Waals surface area contributed by atoms with E-state index in [2.05, 4.69) is 46.9 Å². The Bertz CT molecular complexity index is 362. The van der Waals surface area contributed by atoms with Gasteiger partial charge in [0.15, 0.2) is 0 Å². The maximum absolute atomic E-state index is 5.06. The number of nitrogens with zero attached hydrogens (tertiary/aromatic N) is 3. The number of aromatic nitrogens is 2. The molecule has 0 fully saturated rings. The first-order valence-electron chi connectivity index (χ1n) is 6.98. The van der Waals surface area contributed by atoms with Crippen LogP contribution in [0.2, 0.25) is 0 Å². The van der Waals surface area contributed by atoms with Gasteiger partial charge in [0.05, 0.1) is 12.3 Å². The lowest BCUT2D eigenvalue weighted by molar-refractivity contribution is 0.163. The Morgan fingerprint density at radius 2 is 2.16 bits per heavy atom. The van der Waals surface area contributed by atoms with Crippen LogP contribution in [0.4, 0.5) is 5.95 Å². The van der Waals surface area contributed by atoms with Gasteiger partial charge in [0, 0.05) is 39.5 Å². The fourth-order valence-corrected chi connectivity index (χ4v) is 1.94. The highest BCUT2D eigenvalue weighted by Crippen LogP contribution is 2.11. The summed E-state index contributed by atoms with van der Waals surface area (Å²) >= 11 is 0. The molecule has 1 heterocycles. The summed E-state index contributed by atoms with van der Waals surface area (Å²) in [5, 5.41) is 3.42. The fourth-order valence-electron chi connectivity index (χ4n) is 1.94. The molecule has 0 bridgehead atoms. The third kappa shape index (κ3) is 6.07. The van der Waals surface area contributed by atoms with Crippen molar-refractivity contribution in [1.82, 2.24) is 14.5 Å². The van der Waals surface area contributed by atoms with Crippen molar-refractivity contribution in [3.05, 3.63) is 11.9 Å². The van der Waals surface area contributed by atoms with E-state index in [0.29, 0.717) is 5.92 Å². The zero-order valence-corrected chi connectivity index (χ0v) is 12.9. The lowest BCUT2D eigenvalue weighted by atomic mass is 10.2. The number of likely N-dealkylation sites (N-methyl/N-ethyl adjacent to an activating group) is 1. The average molecular weight is 268 g/mol. The number of methoxy groups -OCH3 is 1. The van der Waals surface area contributed by atoms with Crippen LogP contribution in [0.15, 0.2) is 6.20 Å². The third-order valence-electron chi connectivity index (χ3n) is 2.91. The molecule has 0 saturated carbocycles. The van der Waals surface area contributed by atoms with Crippen LogP contribution in [0.25, 0.3) is 0 Å². The monoisotopic (exact) mass is 268 g/mol. The highest BCUT2D eigenvalue weighted by molar-refractivity contribution is 5.28. The number of anilines is 1. The maximum Gasteiger partial charge on any atom is 0.203 e. The van der Waals surface area contributed by atoms with Crippen LogP contribution >= 0.6 is 0 Å². The second-order valence-corrected chi connectivity index (χ2v) is 5.47. The van der Waals surface area contributed by atoms with E-state index in [0.717, 1.165) is 44.4 Å². The first kappa shape index (κ1) is 16.0. The molecule has 110 valence electrons. The maximum atomic E-state index is 5.06. The van der Waals surface area contributed by atoms with E-state index < -0.39 is 0 Å². The molecule has 1 aromatic heterocycles. The summed E-state index contributed by atoms with van der Waals surface area (Å²) in [7, 11) is 3.84. The number of aryl methyl sites for hydroxylation is 1. The van der Waals surface area contributed by atoms with Crippen LogP contribution in [0.3, 0.4) is 0 Å². The van der Waals surface area contributed by atoms with Crippen molar-refractivity contribution < 1.29 is 4.74 Å². The summed E-state index contributed by atoms with van der Waals surface area (Å²) in [5.74, 6) is 1.60. The fraction of sp³-hybridized carbons (Fsp3) is 0.786. The Morgan fingerprint density at radius 3 is 2.79 bits per heavy atom. The number of nitrogens with one attached hydrogen (secondary N) is 1. The topological polar surface area (TPSA) is 42.3 Å². The van der Waals surface area contributed by atoms with Gasteiger partial charge in [-0.15, -0.1) is 0 Å². The van der Waals surface area contributed by atoms with Crippen molar-refractivity contribution in [2.24, 2.45) is 5.92 Å². The van der Waals surface area contributed by atoms with E-state index in [1.807, 2.05) is 6.92 Å². The quantitative estimate of drug-likeness (QED) is 0.742. The molecule has 5 heteroatoms. The second kappa shape index (κ2) is 8.17. The standard InChI is InChI=1S/C14H28N4O/c1-12(2)10-18-11-13(3)16-14(18)15-6-7-17(4)8-9-19-5/h11-12H,6-10H2,1-5H3,(H,15,16). The van der Waals surface area contributed by atoms with Gasteiger partial charge in [-0.05, 0) is 19.9 Å². The predicted octanol–water partition coefficient (Wildman–Crippen LogP) is 1.84. The third-order valence-corrected chi connectivity index (χ3v) is 2.91. The Kier molecular flexibility index (Phi) is 6.87. The summed E-state index contributed by atoms with van der Waals surface area (Å²) in [5.41, 5.74) is 1.07. The molecule has 19 heavy (non-hydrogen) atoms. The zero-order valence-electron chi connectivity index (χ0n) is 12.9. The largest absolute Gasteiger partial charge is 0.383 e. The smallest absolute Gasteiger partial charge is 0.203 e. The Labute approximate surface area is 117 Å². The molecule has 0 aromatic carbocycles. The van der Waals surface area contributed by atoms with Crippen LogP contribution in [-0.4, -0.2) is 54.8 Å².